The maximum atomic E-state index is 13.3. The van der Waals surface area contributed by atoms with Crippen molar-refractivity contribution in [3.8, 4) is 11.5 Å². The SMILES string of the molecule is CCC(c1nnnn1Cc1ccco1)N(Cc1ccc2c(c1)OCO2)Cc1cc2cc(C)cc(C)c2[nH]c1=O. The number of nitrogens with zero attached hydrogens (tertiary/aromatic N) is 5. The van der Waals surface area contributed by atoms with Gasteiger partial charge in [0, 0.05) is 18.7 Å². The number of rotatable bonds is 9. The number of furan rings is 1. The summed E-state index contributed by atoms with van der Waals surface area (Å²) in [5, 5.41) is 13.7. The maximum absolute atomic E-state index is 13.3. The van der Waals surface area contributed by atoms with Gasteiger partial charge in [0.2, 0.25) is 6.79 Å². The van der Waals surface area contributed by atoms with E-state index < -0.39 is 0 Å². The average molecular weight is 527 g/mol. The van der Waals surface area contributed by atoms with Gasteiger partial charge in [0.05, 0.1) is 17.8 Å². The summed E-state index contributed by atoms with van der Waals surface area (Å²) in [6.07, 6.45) is 2.37. The fraction of sp³-hybridized carbons (Fsp3) is 0.310. The van der Waals surface area contributed by atoms with Gasteiger partial charge in [-0.3, -0.25) is 9.69 Å². The van der Waals surface area contributed by atoms with Crippen LogP contribution in [-0.4, -0.2) is 36.9 Å². The number of aromatic amines is 1. The summed E-state index contributed by atoms with van der Waals surface area (Å²) in [5.74, 6) is 2.92. The molecule has 1 aliphatic heterocycles. The molecule has 3 aromatic heterocycles. The molecule has 10 heteroatoms. The summed E-state index contributed by atoms with van der Waals surface area (Å²) < 4.78 is 18.4. The molecule has 1 unspecified atom stereocenters. The van der Waals surface area contributed by atoms with Crippen LogP contribution >= 0.6 is 0 Å². The van der Waals surface area contributed by atoms with Crippen molar-refractivity contribution in [3.63, 3.8) is 0 Å². The van der Waals surface area contributed by atoms with Gasteiger partial charge in [-0.1, -0.05) is 24.6 Å². The van der Waals surface area contributed by atoms with E-state index in [1.54, 1.807) is 10.9 Å². The molecule has 0 radical (unpaired) electrons. The Kier molecular flexibility index (Phi) is 6.62. The minimum Gasteiger partial charge on any atom is -0.467 e. The molecule has 200 valence electrons. The van der Waals surface area contributed by atoms with Crippen molar-refractivity contribution >= 4 is 10.9 Å². The molecule has 1 atom stereocenters. The summed E-state index contributed by atoms with van der Waals surface area (Å²) in [7, 11) is 0. The molecular formula is C29H30N6O4. The predicted octanol–water partition coefficient (Wildman–Crippen LogP) is 4.65. The monoisotopic (exact) mass is 526 g/mol. The van der Waals surface area contributed by atoms with Crippen LogP contribution in [0, 0.1) is 13.8 Å². The van der Waals surface area contributed by atoms with Crippen molar-refractivity contribution in [3.05, 3.63) is 99.0 Å². The van der Waals surface area contributed by atoms with Crippen LogP contribution in [0.1, 0.15) is 53.2 Å². The summed E-state index contributed by atoms with van der Waals surface area (Å²) in [5.41, 5.74) is 4.68. The van der Waals surface area contributed by atoms with Crippen LogP contribution in [-0.2, 0) is 19.6 Å². The minimum atomic E-state index is -0.172. The smallest absolute Gasteiger partial charge is 0.252 e. The van der Waals surface area contributed by atoms with Gasteiger partial charge in [0.15, 0.2) is 17.3 Å². The second-order valence-corrected chi connectivity index (χ2v) is 9.96. The Morgan fingerprint density at radius 3 is 2.77 bits per heavy atom. The van der Waals surface area contributed by atoms with Crippen LogP contribution in [0.3, 0.4) is 0 Å². The molecule has 0 amide bonds. The topological polar surface area (TPSA) is 111 Å². The van der Waals surface area contributed by atoms with E-state index in [2.05, 4.69) is 51.4 Å². The van der Waals surface area contributed by atoms with Gasteiger partial charge in [-0.25, -0.2) is 4.68 Å². The number of aryl methyl sites for hydroxylation is 2. The van der Waals surface area contributed by atoms with Crippen molar-refractivity contribution < 1.29 is 13.9 Å². The fourth-order valence-corrected chi connectivity index (χ4v) is 5.34. The molecule has 39 heavy (non-hydrogen) atoms. The molecule has 0 spiro atoms. The third kappa shape index (κ3) is 5.03. The van der Waals surface area contributed by atoms with E-state index in [1.807, 2.05) is 43.3 Å². The summed E-state index contributed by atoms with van der Waals surface area (Å²) in [6.45, 7) is 7.76. The number of H-pyrrole nitrogens is 1. The van der Waals surface area contributed by atoms with Crippen LogP contribution in [0.15, 0.2) is 64.0 Å². The Morgan fingerprint density at radius 1 is 1.08 bits per heavy atom. The summed E-state index contributed by atoms with van der Waals surface area (Å²) in [6, 6.07) is 15.7. The molecule has 0 saturated heterocycles. The number of benzene rings is 2. The number of nitrogens with one attached hydrogen (secondary N) is 1. The third-order valence-corrected chi connectivity index (χ3v) is 7.14. The lowest BCUT2D eigenvalue weighted by Gasteiger charge is -2.30. The fourth-order valence-electron chi connectivity index (χ4n) is 5.34. The first-order valence-corrected chi connectivity index (χ1v) is 13.0. The molecule has 2 aromatic carbocycles. The van der Waals surface area contributed by atoms with Gasteiger partial charge in [-0.15, -0.1) is 5.10 Å². The molecule has 6 rings (SSSR count). The number of fused-ring (bicyclic) bond motifs is 2. The van der Waals surface area contributed by atoms with E-state index in [4.69, 9.17) is 13.9 Å². The van der Waals surface area contributed by atoms with Gasteiger partial charge >= 0.3 is 0 Å². The molecule has 1 aliphatic rings. The third-order valence-electron chi connectivity index (χ3n) is 7.14. The van der Waals surface area contributed by atoms with E-state index in [0.29, 0.717) is 31.0 Å². The van der Waals surface area contributed by atoms with E-state index in [9.17, 15) is 4.79 Å². The molecule has 0 aliphatic carbocycles. The lowest BCUT2D eigenvalue weighted by molar-refractivity contribution is 0.160. The Labute approximate surface area is 225 Å². The second kappa shape index (κ2) is 10.4. The van der Waals surface area contributed by atoms with E-state index >= 15 is 0 Å². The lowest BCUT2D eigenvalue weighted by atomic mass is 10.0. The highest BCUT2D eigenvalue weighted by Crippen LogP contribution is 2.34. The first-order valence-electron chi connectivity index (χ1n) is 13.0. The molecule has 10 nitrogen and oxygen atoms in total. The summed E-state index contributed by atoms with van der Waals surface area (Å²) in [4.78, 5) is 18.7. The standard InChI is InChI=1S/C29H30N6O4/c1-4-24(28-31-32-33-35(28)16-23-6-5-9-37-23)34(14-20-7-8-25-26(12-20)39-17-38-25)15-22-13-21-11-18(2)10-19(3)27(21)30-29(22)36/h5-13,24H,4,14-17H2,1-3H3,(H,30,36). The number of hydrogen-bond acceptors (Lipinski definition) is 8. The van der Waals surface area contributed by atoms with Gasteiger partial charge < -0.3 is 18.9 Å². The summed E-state index contributed by atoms with van der Waals surface area (Å²) >= 11 is 0. The van der Waals surface area contributed by atoms with Crippen LogP contribution in [0.25, 0.3) is 10.9 Å². The zero-order chi connectivity index (χ0) is 26.9. The Balaban J connectivity index is 1.39. The van der Waals surface area contributed by atoms with Gasteiger partial charge in [0.1, 0.15) is 12.3 Å². The Bertz CT molecular complexity index is 1670. The van der Waals surface area contributed by atoms with E-state index in [-0.39, 0.29) is 18.4 Å². The minimum absolute atomic E-state index is 0.102. The molecule has 1 N–H and O–H groups in total. The van der Waals surface area contributed by atoms with Crippen molar-refractivity contribution in [1.82, 2.24) is 30.1 Å². The van der Waals surface area contributed by atoms with Gasteiger partial charge in [0.25, 0.3) is 5.56 Å². The lowest BCUT2D eigenvalue weighted by Crippen LogP contribution is -2.32. The van der Waals surface area contributed by atoms with Crippen molar-refractivity contribution in [1.29, 1.82) is 0 Å². The number of aromatic nitrogens is 5. The zero-order valence-electron chi connectivity index (χ0n) is 22.2. The molecule has 0 bridgehead atoms. The van der Waals surface area contributed by atoms with Crippen LogP contribution in [0.5, 0.6) is 11.5 Å². The van der Waals surface area contributed by atoms with Crippen LogP contribution < -0.4 is 15.0 Å². The molecule has 0 fully saturated rings. The zero-order valence-corrected chi connectivity index (χ0v) is 22.2. The first kappa shape index (κ1) is 24.9. The first-order chi connectivity index (χ1) is 19.0. The molecule has 0 saturated carbocycles. The van der Waals surface area contributed by atoms with Crippen LogP contribution in [0.2, 0.25) is 0 Å². The quantitative estimate of drug-likeness (QED) is 0.295. The molecular weight excluding hydrogens is 496 g/mol. The number of tetrazole rings is 1. The molecule has 5 aromatic rings. The highest BCUT2D eigenvalue weighted by Gasteiger charge is 2.27. The largest absolute Gasteiger partial charge is 0.467 e. The normalized spacial score (nSPS) is 13.4. The van der Waals surface area contributed by atoms with Crippen molar-refractivity contribution in [2.45, 2.75) is 52.9 Å². The highest BCUT2D eigenvalue weighted by atomic mass is 16.7. The average Bonchev–Trinajstić information content (AvgIpc) is 3.69. The van der Waals surface area contributed by atoms with E-state index in [0.717, 1.165) is 51.3 Å². The van der Waals surface area contributed by atoms with Crippen molar-refractivity contribution in [2.75, 3.05) is 6.79 Å². The van der Waals surface area contributed by atoms with E-state index in [1.165, 1.54) is 0 Å². The predicted molar refractivity (Wildman–Crippen MR) is 145 cm³/mol. The van der Waals surface area contributed by atoms with Crippen molar-refractivity contribution in [2.24, 2.45) is 0 Å². The Morgan fingerprint density at radius 2 is 1.95 bits per heavy atom. The van der Waals surface area contributed by atoms with Gasteiger partial charge in [-0.05, 0) is 83.6 Å². The second-order valence-electron chi connectivity index (χ2n) is 9.96. The number of hydrogen-bond donors (Lipinski definition) is 1. The maximum Gasteiger partial charge on any atom is 0.252 e. The number of pyridine rings is 1. The van der Waals surface area contributed by atoms with Gasteiger partial charge in [-0.2, -0.15) is 0 Å². The highest BCUT2D eigenvalue weighted by molar-refractivity contribution is 5.82. The molecule has 4 heterocycles. The van der Waals surface area contributed by atoms with Crippen LogP contribution in [0.4, 0.5) is 0 Å². The Hall–Kier alpha value is -4.44. The number of ether oxygens (including phenoxy) is 2.